The largest absolute Gasteiger partial charge is 0.294 e. The van der Waals surface area contributed by atoms with Gasteiger partial charge in [0.2, 0.25) is 0 Å². The van der Waals surface area contributed by atoms with Gasteiger partial charge in [-0.1, -0.05) is 19.1 Å². The first-order chi connectivity index (χ1) is 8.35. The molecular formula is C14H20O3S. The molecule has 0 spiro atoms. The SMILES string of the molecule is CCS(=O)(=O)CCCC(=O)c1ccc(C)c(C)c1. The summed E-state index contributed by atoms with van der Waals surface area (Å²) in [6.07, 6.45) is 0.698. The number of benzene rings is 1. The highest BCUT2D eigenvalue weighted by Crippen LogP contribution is 2.12. The Morgan fingerprint density at radius 1 is 1.17 bits per heavy atom. The van der Waals surface area contributed by atoms with Crippen LogP contribution in [0.25, 0.3) is 0 Å². The van der Waals surface area contributed by atoms with Crippen LogP contribution < -0.4 is 0 Å². The minimum Gasteiger partial charge on any atom is -0.294 e. The lowest BCUT2D eigenvalue weighted by Crippen LogP contribution is -2.10. The van der Waals surface area contributed by atoms with Gasteiger partial charge in [-0.3, -0.25) is 4.79 Å². The highest BCUT2D eigenvalue weighted by molar-refractivity contribution is 7.91. The Labute approximate surface area is 109 Å². The molecule has 18 heavy (non-hydrogen) atoms. The van der Waals surface area contributed by atoms with Gasteiger partial charge in [0.05, 0.1) is 5.75 Å². The summed E-state index contributed by atoms with van der Waals surface area (Å²) in [5.41, 5.74) is 2.91. The van der Waals surface area contributed by atoms with Gasteiger partial charge in [0, 0.05) is 17.7 Å². The number of carbonyl (C=O) groups excluding carboxylic acids is 1. The van der Waals surface area contributed by atoms with Crippen LogP contribution >= 0.6 is 0 Å². The number of sulfone groups is 1. The van der Waals surface area contributed by atoms with Crippen molar-refractivity contribution in [1.82, 2.24) is 0 Å². The van der Waals surface area contributed by atoms with Crippen LogP contribution in [0, 0.1) is 13.8 Å². The number of aryl methyl sites for hydroxylation is 2. The Balaban J connectivity index is 2.58. The van der Waals surface area contributed by atoms with Crippen LogP contribution in [0.3, 0.4) is 0 Å². The third kappa shape index (κ3) is 4.26. The molecule has 0 amide bonds. The molecule has 0 aliphatic carbocycles. The van der Waals surface area contributed by atoms with Gasteiger partial charge in [0.1, 0.15) is 9.84 Å². The summed E-state index contributed by atoms with van der Waals surface area (Å²) in [6, 6.07) is 5.59. The van der Waals surface area contributed by atoms with E-state index in [1.165, 1.54) is 0 Å². The molecule has 0 aliphatic heterocycles. The Morgan fingerprint density at radius 3 is 2.39 bits per heavy atom. The van der Waals surface area contributed by atoms with Crippen LogP contribution in [0.15, 0.2) is 18.2 Å². The predicted molar refractivity (Wildman–Crippen MR) is 73.8 cm³/mol. The van der Waals surface area contributed by atoms with Crippen LogP contribution in [0.4, 0.5) is 0 Å². The molecule has 3 nitrogen and oxygen atoms in total. The zero-order chi connectivity index (χ0) is 13.8. The average molecular weight is 268 g/mol. The molecule has 1 aromatic rings. The van der Waals surface area contributed by atoms with Crippen molar-refractivity contribution in [3.8, 4) is 0 Å². The molecule has 1 rings (SSSR count). The summed E-state index contributed by atoms with van der Waals surface area (Å²) in [5.74, 6) is 0.259. The highest BCUT2D eigenvalue weighted by Gasteiger charge is 2.11. The minimum absolute atomic E-state index is 0.0180. The molecule has 0 saturated heterocycles. The lowest BCUT2D eigenvalue weighted by Gasteiger charge is -2.05. The quantitative estimate of drug-likeness (QED) is 0.745. The Kier molecular flexibility index (Phi) is 5.08. The van der Waals surface area contributed by atoms with Crippen LogP contribution in [0.5, 0.6) is 0 Å². The molecule has 0 heterocycles. The van der Waals surface area contributed by atoms with Gasteiger partial charge in [0.15, 0.2) is 5.78 Å². The number of hydrogen-bond acceptors (Lipinski definition) is 3. The second-order valence-electron chi connectivity index (χ2n) is 4.56. The van der Waals surface area contributed by atoms with Gasteiger partial charge in [-0.05, 0) is 37.5 Å². The van der Waals surface area contributed by atoms with Gasteiger partial charge in [0.25, 0.3) is 0 Å². The van der Waals surface area contributed by atoms with E-state index in [9.17, 15) is 13.2 Å². The Hall–Kier alpha value is -1.16. The Morgan fingerprint density at radius 2 is 1.83 bits per heavy atom. The molecule has 4 heteroatoms. The van der Waals surface area contributed by atoms with Gasteiger partial charge >= 0.3 is 0 Å². The third-order valence-electron chi connectivity index (χ3n) is 3.13. The van der Waals surface area contributed by atoms with Crippen LogP contribution in [-0.4, -0.2) is 25.7 Å². The van der Waals surface area contributed by atoms with Gasteiger partial charge in [-0.15, -0.1) is 0 Å². The van der Waals surface area contributed by atoms with E-state index in [1.807, 2.05) is 26.0 Å². The summed E-state index contributed by atoms with van der Waals surface area (Å²) >= 11 is 0. The normalized spacial score (nSPS) is 11.5. The molecule has 0 radical (unpaired) electrons. The fourth-order valence-electron chi connectivity index (χ4n) is 1.66. The molecule has 0 unspecified atom stereocenters. The van der Waals surface area contributed by atoms with E-state index in [0.717, 1.165) is 11.1 Å². The summed E-state index contributed by atoms with van der Waals surface area (Å²) in [6.45, 7) is 5.59. The summed E-state index contributed by atoms with van der Waals surface area (Å²) in [5, 5.41) is 0. The Bertz CT molecular complexity index is 530. The molecule has 0 aromatic heterocycles. The highest BCUT2D eigenvalue weighted by atomic mass is 32.2. The zero-order valence-corrected chi connectivity index (χ0v) is 12.0. The first kappa shape index (κ1) is 14.9. The first-order valence-corrected chi connectivity index (χ1v) is 7.98. The molecule has 1 aromatic carbocycles. The van der Waals surface area contributed by atoms with Gasteiger partial charge < -0.3 is 0 Å². The van der Waals surface area contributed by atoms with Crippen molar-refractivity contribution in [2.24, 2.45) is 0 Å². The lowest BCUT2D eigenvalue weighted by atomic mass is 10.0. The maximum Gasteiger partial charge on any atom is 0.162 e. The van der Waals surface area contributed by atoms with E-state index in [-0.39, 0.29) is 17.3 Å². The fraction of sp³-hybridized carbons (Fsp3) is 0.500. The molecule has 0 aliphatic rings. The smallest absolute Gasteiger partial charge is 0.162 e. The molecular weight excluding hydrogens is 248 g/mol. The van der Waals surface area contributed by atoms with Crippen molar-refractivity contribution in [3.05, 3.63) is 34.9 Å². The predicted octanol–water partition coefficient (Wildman–Crippen LogP) is 2.70. The molecule has 0 atom stereocenters. The first-order valence-electron chi connectivity index (χ1n) is 6.16. The fourth-order valence-corrected chi connectivity index (χ4v) is 2.53. The van der Waals surface area contributed by atoms with Crippen molar-refractivity contribution in [1.29, 1.82) is 0 Å². The van der Waals surface area contributed by atoms with Gasteiger partial charge in [-0.25, -0.2) is 8.42 Å². The van der Waals surface area contributed by atoms with E-state index in [2.05, 4.69) is 0 Å². The molecule has 0 saturated carbocycles. The number of ketones is 1. The maximum atomic E-state index is 11.9. The van der Waals surface area contributed by atoms with Crippen molar-refractivity contribution < 1.29 is 13.2 Å². The molecule has 100 valence electrons. The molecule has 0 N–H and O–H groups in total. The van der Waals surface area contributed by atoms with Crippen molar-refractivity contribution in [3.63, 3.8) is 0 Å². The summed E-state index contributed by atoms with van der Waals surface area (Å²) < 4.78 is 22.6. The van der Waals surface area contributed by atoms with Crippen molar-refractivity contribution >= 4 is 15.6 Å². The average Bonchev–Trinajstić information content (AvgIpc) is 2.32. The second-order valence-corrected chi connectivity index (χ2v) is 7.03. The standard InChI is InChI=1S/C14H20O3S/c1-4-18(16,17)9-5-6-14(15)13-8-7-11(2)12(3)10-13/h7-8,10H,4-6,9H2,1-3H3. The monoisotopic (exact) mass is 268 g/mol. The van der Waals surface area contributed by atoms with Crippen LogP contribution in [0.1, 0.15) is 41.3 Å². The summed E-state index contributed by atoms with van der Waals surface area (Å²) in [4.78, 5) is 11.9. The molecule has 0 fully saturated rings. The lowest BCUT2D eigenvalue weighted by molar-refractivity contribution is 0.0982. The maximum absolute atomic E-state index is 11.9. The van der Waals surface area contributed by atoms with E-state index in [0.29, 0.717) is 18.4 Å². The summed E-state index contributed by atoms with van der Waals surface area (Å²) in [7, 11) is -2.96. The topological polar surface area (TPSA) is 51.2 Å². The molecule has 0 bridgehead atoms. The van der Waals surface area contributed by atoms with E-state index in [1.54, 1.807) is 13.0 Å². The number of hydrogen-bond donors (Lipinski definition) is 0. The van der Waals surface area contributed by atoms with Crippen LogP contribution in [0.2, 0.25) is 0 Å². The zero-order valence-electron chi connectivity index (χ0n) is 11.2. The van der Waals surface area contributed by atoms with E-state index < -0.39 is 9.84 Å². The minimum atomic E-state index is -2.96. The number of rotatable bonds is 6. The number of carbonyl (C=O) groups is 1. The van der Waals surface area contributed by atoms with Crippen molar-refractivity contribution in [2.45, 2.75) is 33.6 Å². The van der Waals surface area contributed by atoms with Crippen LogP contribution in [-0.2, 0) is 9.84 Å². The number of Topliss-reactive ketones (excluding diaryl/α,β-unsaturated/α-hetero) is 1. The third-order valence-corrected chi connectivity index (χ3v) is 4.92. The van der Waals surface area contributed by atoms with E-state index >= 15 is 0 Å². The second kappa shape index (κ2) is 6.14. The van der Waals surface area contributed by atoms with Gasteiger partial charge in [-0.2, -0.15) is 0 Å². The van der Waals surface area contributed by atoms with Crippen molar-refractivity contribution in [2.75, 3.05) is 11.5 Å². The van der Waals surface area contributed by atoms with E-state index in [4.69, 9.17) is 0 Å².